The average molecular weight is 582 g/mol. The number of rotatable bonds is 6. The summed E-state index contributed by atoms with van der Waals surface area (Å²) in [5.41, 5.74) is 2.72. The van der Waals surface area contributed by atoms with E-state index >= 15 is 0 Å². The molecule has 0 bridgehead atoms. The summed E-state index contributed by atoms with van der Waals surface area (Å²) in [4.78, 5) is 36.7. The molecule has 218 valence electrons. The van der Waals surface area contributed by atoms with Crippen molar-refractivity contribution in [3.05, 3.63) is 75.6 Å². The number of H-pyrrole nitrogens is 1. The van der Waals surface area contributed by atoms with Gasteiger partial charge in [0.25, 0.3) is 21.5 Å². The Bertz CT molecular complexity index is 1560. The summed E-state index contributed by atoms with van der Waals surface area (Å²) < 4.78 is 42.6. The lowest BCUT2D eigenvalue weighted by Gasteiger charge is -2.34. The van der Waals surface area contributed by atoms with Crippen LogP contribution >= 0.6 is 0 Å². The van der Waals surface area contributed by atoms with Gasteiger partial charge in [-0.1, -0.05) is 24.3 Å². The van der Waals surface area contributed by atoms with Gasteiger partial charge in [-0.2, -0.15) is 0 Å². The number of anilines is 1. The molecule has 1 saturated heterocycles. The van der Waals surface area contributed by atoms with Gasteiger partial charge in [-0.05, 0) is 75.3 Å². The Morgan fingerprint density at radius 1 is 0.976 bits per heavy atom. The molecule has 1 aliphatic heterocycles. The van der Waals surface area contributed by atoms with E-state index in [0.717, 1.165) is 42.5 Å². The maximum Gasteiger partial charge on any atom is 0.264 e. The monoisotopic (exact) mass is 581 g/mol. The summed E-state index contributed by atoms with van der Waals surface area (Å²) in [5.74, 6) is -0.443. The lowest BCUT2D eigenvalue weighted by molar-refractivity contribution is 0.0750. The van der Waals surface area contributed by atoms with E-state index in [1.807, 2.05) is 32.0 Å². The number of carbonyl (C=O) groups is 1. The van der Waals surface area contributed by atoms with Crippen LogP contribution in [-0.4, -0.2) is 72.5 Å². The van der Waals surface area contributed by atoms with Gasteiger partial charge in [0.2, 0.25) is 5.95 Å². The molecular formula is C30H36FN5O4S. The molecule has 0 spiro atoms. The summed E-state index contributed by atoms with van der Waals surface area (Å²) in [6.07, 6.45) is 2.98. The van der Waals surface area contributed by atoms with E-state index in [1.165, 1.54) is 24.3 Å². The van der Waals surface area contributed by atoms with Gasteiger partial charge in [-0.3, -0.25) is 19.5 Å². The van der Waals surface area contributed by atoms with Crippen molar-refractivity contribution >= 4 is 21.9 Å². The number of halogens is 1. The third-order valence-electron chi connectivity index (χ3n) is 8.06. The van der Waals surface area contributed by atoms with E-state index in [-0.39, 0.29) is 22.3 Å². The largest absolute Gasteiger partial charge is 0.337 e. The first kappa shape index (κ1) is 28.9. The molecule has 2 aromatic carbocycles. The first-order chi connectivity index (χ1) is 19.6. The Labute approximate surface area is 239 Å². The zero-order valence-corrected chi connectivity index (χ0v) is 24.2. The maximum atomic E-state index is 13.6. The van der Waals surface area contributed by atoms with Crippen molar-refractivity contribution in [2.45, 2.75) is 63.1 Å². The number of hydrogen-bond donors (Lipinski definition) is 2. The molecule has 2 aliphatic rings. The highest BCUT2D eigenvalue weighted by atomic mass is 32.2. The second-order valence-electron chi connectivity index (χ2n) is 11.0. The number of nitrogens with one attached hydrogen (secondary N) is 2. The second-order valence-corrected chi connectivity index (χ2v) is 12.6. The zero-order valence-electron chi connectivity index (χ0n) is 23.4. The molecule has 0 atom stereocenters. The normalized spacial score (nSPS) is 20.4. The fourth-order valence-corrected chi connectivity index (χ4v) is 6.93. The standard InChI is InChI=1S/C30H36FN5O4S/c1-20-6-3-7-21(2)28(20)26-19-27(37)33-30(32-26)34-41(39,40)25-9-4-8-22(18-25)29(38)36-15-5-14-35(16-17-36)24-12-10-23(31)11-13-24/h3-4,6-9,18-19,23-24H,5,10-17H2,1-2H3,(H2,32,33,34,37). The van der Waals surface area contributed by atoms with Crippen LogP contribution in [0.15, 0.2) is 58.2 Å². The van der Waals surface area contributed by atoms with Crippen LogP contribution in [0.5, 0.6) is 0 Å². The average Bonchev–Trinajstić information content (AvgIpc) is 3.19. The van der Waals surface area contributed by atoms with E-state index in [9.17, 15) is 22.4 Å². The molecule has 1 aliphatic carbocycles. The van der Waals surface area contributed by atoms with Gasteiger partial charge in [-0.25, -0.2) is 22.5 Å². The molecule has 1 amide bonds. The van der Waals surface area contributed by atoms with Gasteiger partial charge in [0.05, 0.1) is 10.6 Å². The number of aromatic nitrogens is 2. The van der Waals surface area contributed by atoms with Crippen molar-refractivity contribution < 1.29 is 17.6 Å². The summed E-state index contributed by atoms with van der Waals surface area (Å²) in [7, 11) is -4.16. The second kappa shape index (κ2) is 12.1. The molecule has 9 nitrogen and oxygen atoms in total. The third-order valence-corrected chi connectivity index (χ3v) is 9.40. The number of aromatic amines is 1. The molecule has 2 fully saturated rings. The summed E-state index contributed by atoms with van der Waals surface area (Å²) in [5, 5.41) is 0. The smallest absolute Gasteiger partial charge is 0.264 e. The van der Waals surface area contributed by atoms with Crippen molar-refractivity contribution in [2.75, 3.05) is 30.9 Å². The van der Waals surface area contributed by atoms with Crippen LogP contribution < -0.4 is 10.3 Å². The Hall–Kier alpha value is -3.57. The van der Waals surface area contributed by atoms with Gasteiger partial charge >= 0.3 is 0 Å². The highest BCUT2D eigenvalue weighted by Gasteiger charge is 2.29. The highest BCUT2D eigenvalue weighted by Crippen LogP contribution is 2.27. The summed E-state index contributed by atoms with van der Waals surface area (Å²) >= 11 is 0. The van der Waals surface area contributed by atoms with E-state index < -0.39 is 21.8 Å². The Morgan fingerprint density at radius 3 is 2.41 bits per heavy atom. The molecule has 3 aromatic rings. The van der Waals surface area contributed by atoms with Crippen LogP contribution in [0, 0.1) is 13.8 Å². The lowest BCUT2D eigenvalue weighted by Crippen LogP contribution is -2.41. The first-order valence-corrected chi connectivity index (χ1v) is 15.6. The molecule has 5 rings (SSSR count). The molecule has 11 heteroatoms. The molecular weight excluding hydrogens is 545 g/mol. The van der Waals surface area contributed by atoms with Crippen LogP contribution in [-0.2, 0) is 10.0 Å². The van der Waals surface area contributed by atoms with Crippen molar-refractivity contribution in [2.24, 2.45) is 0 Å². The minimum Gasteiger partial charge on any atom is -0.337 e. The van der Waals surface area contributed by atoms with Gasteiger partial charge in [-0.15, -0.1) is 0 Å². The number of nitrogens with zero attached hydrogens (tertiary/aromatic N) is 3. The molecule has 0 unspecified atom stereocenters. The zero-order chi connectivity index (χ0) is 29.1. The van der Waals surface area contributed by atoms with Crippen molar-refractivity contribution in [3.63, 3.8) is 0 Å². The van der Waals surface area contributed by atoms with E-state index in [0.29, 0.717) is 44.2 Å². The molecule has 2 heterocycles. The number of sulfonamides is 1. The van der Waals surface area contributed by atoms with Crippen LogP contribution in [0.1, 0.15) is 53.6 Å². The van der Waals surface area contributed by atoms with Crippen LogP contribution in [0.3, 0.4) is 0 Å². The van der Waals surface area contributed by atoms with Gasteiger partial charge in [0.1, 0.15) is 6.17 Å². The van der Waals surface area contributed by atoms with Gasteiger partial charge < -0.3 is 4.90 Å². The Balaban J connectivity index is 1.31. The predicted octanol–water partition coefficient (Wildman–Crippen LogP) is 4.28. The highest BCUT2D eigenvalue weighted by molar-refractivity contribution is 7.92. The fourth-order valence-electron chi connectivity index (χ4n) is 5.92. The van der Waals surface area contributed by atoms with Crippen molar-refractivity contribution in [3.8, 4) is 11.3 Å². The van der Waals surface area contributed by atoms with Crippen LogP contribution in [0.25, 0.3) is 11.3 Å². The van der Waals surface area contributed by atoms with E-state index in [2.05, 4.69) is 19.6 Å². The van der Waals surface area contributed by atoms with Crippen molar-refractivity contribution in [1.29, 1.82) is 0 Å². The number of amides is 1. The predicted molar refractivity (Wildman–Crippen MR) is 156 cm³/mol. The Kier molecular flexibility index (Phi) is 8.55. The number of aryl methyl sites for hydroxylation is 2. The van der Waals surface area contributed by atoms with Gasteiger partial charge in [0.15, 0.2) is 0 Å². The topological polar surface area (TPSA) is 115 Å². The van der Waals surface area contributed by atoms with E-state index in [4.69, 9.17) is 0 Å². The third kappa shape index (κ3) is 6.68. The SMILES string of the molecule is Cc1cccc(C)c1-c1cc(=O)[nH]c(NS(=O)(=O)c2cccc(C(=O)N3CCCN(C4CCC(F)CC4)CC3)c2)n1. The van der Waals surface area contributed by atoms with Crippen LogP contribution in [0.2, 0.25) is 0 Å². The molecule has 2 N–H and O–H groups in total. The minimum absolute atomic E-state index is 0.108. The van der Waals surface area contributed by atoms with E-state index in [1.54, 1.807) is 11.0 Å². The first-order valence-electron chi connectivity index (χ1n) is 14.1. The summed E-state index contributed by atoms with van der Waals surface area (Å²) in [6, 6.07) is 13.3. The molecule has 1 saturated carbocycles. The number of carbonyl (C=O) groups excluding carboxylic acids is 1. The minimum atomic E-state index is -4.16. The molecule has 0 radical (unpaired) electrons. The fraction of sp³-hybridized carbons (Fsp3) is 0.433. The van der Waals surface area contributed by atoms with Crippen LogP contribution in [0.4, 0.5) is 10.3 Å². The lowest BCUT2D eigenvalue weighted by atomic mass is 9.92. The number of hydrogen-bond acceptors (Lipinski definition) is 6. The Morgan fingerprint density at radius 2 is 1.68 bits per heavy atom. The molecule has 1 aromatic heterocycles. The van der Waals surface area contributed by atoms with Gasteiger partial charge in [0, 0.05) is 49.4 Å². The maximum absolute atomic E-state index is 13.6. The quantitative estimate of drug-likeness (QED) is 0.449. The molecule has 41 heavy (non-hydrogen) atoms. The summed E-state index contributed by atoms with van der Waals surface area (Å²) in [6.45, 7) is 6.46. The number of benzene rings is 2. The van der Waals surface area contributed by atoms with Crippen molar-refractivity contribution in [1.82, 2.24) is 19.8 Å². The number of alkyl halides is 1.